The van der Waals surface area contributed by atoms with E-state index in [0.29, 0.717) is 23.0 Å². The largest absolute Gasteiger partial charge is 0.399 e. The first-order chi connectivity index (χ1) is 9.40. The fourth-order valence-corrected chi connectivity index (χ4v) is 4.30. The maximum absolute atomic E-state index is 12.4. The number of hydrogen-bond donors (Lipinski definition) is 2. The van der Waals surface area contributed by atoms with Gasteiger partial charge < -0.3 is 5.73 Å². The predicted molar refractivity (Wildman–Crippen MR) is 82.1 cm³/mol. The number of hydrogen-bond acceptors (Lipinski definition) is 3. The number of aryl methyl sites for hydroxylation is 1. The van der Waals surface area contributed by atoms with Crippen LogP contribution in [-0.2, 0) is 10.0 Å². The molecule has 0 atom stereocenters. The molecule has 3 N–H and O–H groups in total. The van der Waals surface area contributed by atoms with Crippen molar-refractivity contribution in [3.05, 3.63) is 23.3 Å². The van der Waals surface area contributed by atoms with E-state index in [1.807, 2.05) is 13.8 Å². The van der Waals surface area contributed by atoms with Gasteiger partial charge >= 0.3 is 0 Å². The van der Waals surface area contributed by atoms with Crippen LogP contribution in [0.2, 0.25) is 0 Å². The smallest absolute Gasteiger partial charge is 0.240 e. The molecule has 0 radical (unpaired) electrons. The first-order valence-corrected chi connectivity index (χ1v) is 8.75. The van der Waals surface area contributed by atoms with Gasteiger partial charge in [-0.3, -0.25) is 0 Å². The average Bonchev–Trinajstić information content (AvgIpc) is 2.86. The molecule has 1 fully saturated rings. The van der Waals surface area contributed by atoms with Gasteiger partial charge in [-0.05, 0) is 49.4 Å². The summed E-state index contributed by atoms with van der Waals surface area (Å²) in [6.45, 7) is 4.21. The topological polar surface area (TPSA) is 72.2 Å². The molecular formula is C15H24N2O2S. The lowest BCUT2D eigenvalue weighted by molar-refractivity contribution is 0.495. The molecule has 0 aliphatic heterocycles. The Bertz CT molecular complexity index is 576. The molecule has 0 unspecified atom stereocenters. The van der Waals surface area contributed by atoms with Crippen LogP contribution < -0.4 is 10.5 Å². The zero-order valence-electron chi connectivity index (χ0n) is 12.3. The third kappa shape index (κ3) is 3.52. The molecule has 112 valence electrons. The lowest BCUT2D eigenvalue weighted by atomic mass is 10.1. The highest BCUT2D eigenvalue weighted by atomic mass is 32.2. The van der Waals surface area contributed by atoms with Crippen molar-refractivity contribution in [3.63, 3.8) is 0 Å². The van der Waals surface area contributed by atoms with Gasteiger partial charge in [0, 0.05) is 12.2 Å². The first kappa shape index (κ1) is 15.3. The van der Waals surface area contributed by atoms with Crippen molar-refractivity contribution in [1.29, 1.82) is 0 Å². The van der Waals surface area contributed by atoms with Gasteiger partial charge in [0.25, 0.3) is 0 Å². The van der Waals surface area contributed by atoms with Crippen LogP contribution in [0.3, 0.4) is 0 Å². The first-order valence-electron chi connectivity index (χ1n) is 7.26. The zero-order chi connectivity index (χ0) is 14.8. The Balaban J connectivity index is 2.06. The molecule has 0 spiro atoms. The minimum Gasteiger partial charge on any atom is -0.399 e. The number of anilines is 1. The van der Waals surface area contributed by atoms with Crippen molar-refractivity contribution >= 4 is 15.7 Å². The number of benzene rings is 1. The molecule has 2 rings (SSSR count). The summed E-state index contributed by atoms with van der Waals surface area (Å²) >= 11 is 0. The van der Waals surface area contributed by atoms with Gasteiger partial charge in [0.1, 0.15) is 0 Å². The summed E-state index contributed by atoms with van der Waals surface area (Å²) in [5, 5.41) is 0. The molecule has 20 heavy (non-hydrogen) atoms. The zero-order valence-corrected chi connectivity index (χ0v) is 13.1. The quantitative estimate of drug-likeness (QED) is 0.821. The van der Waals surface area contributed by atoms with Crippen LogP contribution in [0.5, 0.6) is 0 Å². The van der Waals surface area contributed by atoms with Crippen molar-refractivity contribution in [1.82, 2.24) is 4.72 Å². The Kier molecular flexibility index (Phi) is 4.70. The molecule has 1 aromatic carbocycles. The highest BCUT2D eigenvalue weighted by Crippen LogP contribution is 2.27. The third-order valence-corrected chi connectivity index (χ3v) is 5.84. The Morgan fingerprint density at radius 3 is 2.55 bits per heavy atom. The standard InChI is InChI=1S/C15H24N2O2S/c1-11-9-14(16)10-15(12(11)2)20(18,19)17-8-7-13-5-3-4-6-13/h9-10,13,17H,3-8,16H2,1-2H3. The van der Waals surface area contributed by atoms with E-state index in [9.17, 15) is 8.42 Å². The van der Waals surface area contributed by atoms with E-state index in [1.165, 1.54) is 25.7 Å². The van der Waals surface area contributed by atoms with E-state index >= 15 is 0 Å². The van der Waals surface area contributed by atoms with Crippen LogP contribution in [0, 0.1) is 19.8 Å². The fraction of sp³-hybridized carbons (Fsp3) is 0.600. The summed E-state index contributed by atoms with van der Waals surface area (Å²) in [6, 6.07) is 3.34. The Labute approximate surface area is 121 Å². The van der Waals surface area contributed by atoms with Crippen LogP contribution in [0.25, 0.3) is 0 Å². The van der Waals surface area contributed by atoms with Crippen molar-refractivity contribution in [2.24, 2.45) is 5.92 Å². The summed E-state index contributed by atoms with van der Waals surface area (Å²) in [5.74, 6) is 0.682. The number of rotatable bonds is 5. The normalized spacial score (nSPS) is 16.7. The molecule has 0 amide bonds. The Morgan fingerprint density at radius 1 is 1.25 bits per heavy atom. The Hall–Kier alpha value is -1.07. The lowest BCUT2D eigenvalue weighted by Gasteiger charge is -2.13. The molecule has 0 heterocycles. The van der Waals surface area contributed by atoms with Crippen LogP contribution in [0.15, 0.2) is 17.0 Å². The van der Waals surface area contributed by atoms with Crippen molar-refractivity contribution in [3.8, 4) is 0 Å². The molecule has 4 nitrogen and oxygen atoms in total. The summed E-state index contributed by atoms with van der Waals surface area (Å²) in [5.41, 5.74) is 7.93. The van der Waals surface area contributed by atoms with Gasteiger partial charge in [0.05, 0.1) is 4.90 Å². The van der Waals surface area contributed by atoms with Crippen LogP contribution in [0.4, 0.5) is 5.69 Å². The van der Waals surface area contributed by atoms with Crippen molar-refractivity contribution < 1.29 is 8.42 Å². The Morgan fingerprint density at radius 2 is 1.90 bits per heavy atom. The summed E-state index contributed by atoms with van der Waals surface area (Å²) in [7, 11) is -3.46. The maximum atomic E-state index is 12.4. The number of nitrogens with one attached hydrogen (secondary N) is 1. The average molecular weight is 296 g/mol. The molecule has 1 aliphatic carbocycles. The van der Waals surface area contributed by atoms with Gasteiger partial charge in [-0.25, -0.2) is 13.1 Å². The molecule has 1 aromatic rings. The van der Waals surface area contributed by atoms with Crippen molar-refractivity contribution in [2.45, 2.75) is 50.8 Å². The monoisotopic (exact) mass is 296 g/mol. The second-order valence-electron chi connectivity index (χ2n) is 5.80. The molecule has 0 saturated heterocycles. The van der Waals surface area contributed by atoms with E-state index in [4.69, 9.17) is 5.73 Å². The second-order valence-corrected chi connectivity index (χ2v) is 7.53. The lowest BCUT2D eigenvalue weighted by Crippen LogP contribution is -2.27. The second kappa shape index (κ2) is 6.14. The fourth-order valence-electron chi connectivity index (χ4n) is 2.91. The molecule has 5 heteroatoms. The highest BCUT2D eigenvalue weighted by molar-refractivity contribution is 7.89. The van der Waals surface area contributed by atoms with Crippen LogP contribution >= 0.6 is 0 Å². The van der Waals surface area contributed by atoms with E-state index in [-0.39, 0.29) is 0 Å². The summed E-state index contributed by atoms with van der Waals surface area (Å²) < 4.78 is 27.4. The van der Waals surface area contributed by atoms with E-state index < -0.39 is 10.0 Å². The SMILES string of the molecule is Cc1cc(N)cc(S(=O)(=O)NCCC2CCCC2)c1C. The predicted octanol–water partition coefficient (Wildman–Crippen LogP) is 2.74. The van der Waals surface area contributed by atoms with Gasteiger partial charge in [-0.2, -0.15) is 0 Å². The van der Waals surface area contributed by atoms with Crippen molar-refractivity contribution in [2.75, 3.05) is 12.3 Å². The molecule has 0 aromatic heterocycles. The number of sulfonamides is 1. The molecule has 1 aliphatic rings. The van der Waals surface area contributed by atoms with Gasteiger partial charge in [-0.1, -0.05) is 25.7 Å². The molecule has 0 bridgehead atoms. The van der Waals surface area contributed by atoms with E-state index in [2.05, 4.69) is 4.72 Å². The summed E-state index contributed by atoms with van der Waals surface area (Å²) in [6.07, 6.45) is 5.96. The highest BCUT2D eigenvalue weighted by Gasteiger charge is 2.20. The van der Waals surface area contributed by atoms with E-state index in [1.54, 1.807) is 12.1 Å². The van der Waals surface area contributed by atoms with Gasteiger partial charge in [-0.15, -0.1) is 0 Å². The number of nitrogens with two attached hydrogens (primary N) is 1. The van der Waals surface area contributed by atoms with Gasteiger partial charge in [0.15, 0.2) is 0 Å². The number of nitrogen functional groups attached to an aromatic ring is 1. The van der Waals surface area contributed by atoms with Crippen LogP contribution in [-0.4, -0.2) is 15.0 Å². The molecular weight excluding hydrogens is 272 g/mol. The van der Waals surface area contributed by atoms with Crippen LogP contribution in [0.1, 0.15) is 43.2 Å². The van der Waals surface area contributed by atoms with Gasteiger partial charge in [0.2, 0.25) is 10.0 Å². The summed E-state index contributed by atoms with van der Waals surface area (Å²) in [4.78, 5) is 0.307. The molecule has 1 saturated carbocycles. The third-order valence-electron chi connectivity index (χ3n) is 4.25. The maximum Gasteiger partial charge on any atom is 0.240 e. The minimum atomic E-state index is -3.46. The minimum absolute atomic E-state index is 0.307. The van der Waals surface area contributed by atoms with E-state index in [0.717, 1.165) is 17.5 Å².